The first-order chi connectivity index (χ1) is 7.58. The third-order valence-electron chi connectivity index (χ3n) is 3.37. The lowest BCUT2D eigenvalue weighted by molar-refractivity contribution is -0.141. The van der Waals surface area contributed by atoms with Crippen LogP contribution < -0.4 is 0 Å². The van der Waals surface area contributed by atoms with Crippen molar-refractivity contribution in [3.05, 3.63) is 0 Å². The summed E-state index contributed by atoms with van der Waals surface area (Å²) < 4.78 is 4.71. The molecule has 0 N–H and O–H groups in total. The van der Waals surface area contributed by atoms with Crippen LogP contribution in [0.2, 0.25) is 0 Å². The van der Waals surface area contributed by atoms with Crippen LogP contribution >= 0.6 is 0 Å². The summed E-state index contributed by atoms with van der Waals surface area (Å²) >= 11 is 0. The van der Waals surface area contributed by atoms with E-state index >= 15 is 0 Å². The SMILES string of the molecule is CCC(CC)CN(CC)C(C)CC(=O)OC. The van der Waals surface area contributed by atoms with Crippen molar-refractivity contribution in [3.8, 4) is 0 Å². The lowest BCUT2D eigenvalue weighted by Gasteiger charge is -2.30. The van der Waals surface area contributed by atoms with Crippen LogP contribution in [-0.2, 0) is 9.53 Å². The van der Waals surface area contributed by atoms with Crippen molar-refractivity contribution in [1.29, 1.82) is 0 Å². The molecular formula is C13H27NO2. The van der Waals surface area contributed by atoms with E-state index in [1.807, 2.05) is 0 Å². The van der Waals surface area contributed by atoms with Crippen LogP contribution in [0, 0.1) is 5.92 Å². The van der Waals surface area contributed by atoms with Gasteiger partial charge in [0.25, 0.3) is 0 Å². The van der Waals surface area contributed by atoms with Crippen LogP contribution in [0.3, 0.4) is 0 Å². The number of methoxy groups -OCH3 is 1. The molecule has 0 aliphatic rings. The van der Waals surface area contributed by atoms with Gasteiger partial charge in [-0.15, -0.1) is 0 Å². The molecule has 3 nitrogen and oxygen atoms in total. The van der Waals surface area contributed by atoms with Crippen molar-refractivity contribution in [2.75, 3.05) is 20.2 Å². The second-order valence-electron chi connectivity index (χ2n) is 4.40. The largest absolute Gasteiger partial charge is 0.469 e. The number of hydrogen-bond donors (Lipinski definition) is 0. The maximum Gasteiger partial charge on any atom is 0.307 e. The Labute approximate surface area is 100 Å². The summed E-state index contributed by atoms with van der Waals surface area (Å²) in [5, 5.41) is 0. The molecule has 0 heterocycles. The Morgan fingerprint density at radius 2 is 1.81 bits per heavy atom. The fourth-order valence-electron chi connectivity index (χ4n) is 1.95. The Hall–Kier alpha value is -0.570. The van der Waals surface area contributed by atoms with Crippen molar-refractivity contribution in [3.63, 3.8) is 0 Å². The smallest absolute Gasteiger partial charge is 0.307 e. The average molecular weight is 229 g/mol. The molecule has 0 rings (SSSR count). The molecule has 0 saturated heterocycles. The number of ether oxygens (including phenoxy) is 1. The molecule has 0 bridgehead atoms. The van der Waals surface area contributed by atoms with Gasteiger partial charge in [0.2, 0.25) is 0 Å². The van der Waals surface area contributed by atoms with E-state index < -0.39 is 0 Å². The molecule has 0 aliphatic carbocycles. The number of carbonyl (C=O) groups is 1. The molecule has 0 fully saturated rings. The van der Waals surface area contributed by atoms with Gasteiger partial charge in [0.05, 0.1) is 13.5 Å². The second kappa shape index (κ2) is 8.57. The van der Waals surface area contributed by atoms with Gasteiger partial charge in [-0.1, -0.05) is 33.6 Å². The number of esters is 1. The molecule has 1 atom stereocenters. The molecule has 96 valence electrons. The molecular weight excluding hydrogens is 202 g/mol. The van der Waals surface area contributed by atoms with E-state index in [0.717, 1.165) is 19.0 Å². The molecule has 0 radical (unpaired) electrons. The highest BCUT2D eigenvalue weighted by molar-refractivity contribution is 5.69. The predicted molar refractivity (Wildman–Crippen MR) is 67.4 cm³/mol. The van der Waals surface area contributed by atoms with Gasteiger partial charge in [-0.2, -0.15) is 0 Å². The Kier molecular flexibility index (Phi) is 8.26. The monoisotopic (exact) mass is 229 g/mol. The van der Waals surface area contributed by atoms with Crippen molar-refractivity contribution in [1.82, 2.24) is 4.90 Å². The predicted octanol–water partition coefficient (Wildman–Crippen LogP) is 2.70. The van der Waals surface area contributed by atoms with Crippen LogP contribution in [0.1, 0.15) is 47.0 Å². The van der Waals surface area contributed by atoms with Crippen molar-refractivity contribution >= 4 is 5.97 Å². The molecule has 0 aromatic heterocycles. The Bertz CT molecular complexity index is 190. The highest BCUT2D eigenvalue weighted by atomic mass is 16.5. The molecule has 3 heteroatoms. The van der Waals surface area contributed by atoms with Crippen LogP contribution in [0.25, 0.3) is 0 Å². The maximum absolute atomic E-state index is 11.2. The van der Waals surface area contributed by atoms with Crippen LogP contribution in [-0.4, -0.2) is 37.1 Å². The first kappa shape index (κ1) is 15.4. The Morgan fingerprint density at radius 3 is 2.19 bits per heavy atom. The summed E-state index contributed by atoms with van der Waals surface area (Å²) in [7, 11) is 1.45. The van der Waals surface area contributed by atoms with Crippen LogP contribution in [0.15, 0.2) is 0 Å². The summed E-state index contributed by atoms with van der Waals surface area (Å²) in [6.07, 6.45) is 2.90. The number of rotatable bonds is 8. The van der Waals surface area contributed by atoms with E-state index in [9.17, 15) is 4.79 Å². The van der Waals surface area contributed by atoms with E-state index in [4.69, 9.17) is 4.74 Å². The Balaban J connectivity index is 4.19. The lowest BCUT2D eigenvalue weighted by atomic mass is 10.0. The van der Waals surface area contributed by atoms with E-state index in [1.165, 1.54) is 20.0 Å². The fraction of sp³-hybridized carbons (Fsp3) is 0.923. The van der Waals surface area contributed by atoms with E-state index in [0.29, 0.717) is 6.42 Å². The van der Waals surface area contributed by atoms with Gasteiger partial charge in [-0.3, -0.25) is 4.79 Å². The first-order valence-corrected chi connectivity index (χ1v) is 6.39. The van der Waals surface area contributed by atoms with E-state index in [1.54, 1.807) is 0 Å². The maximum atomic E-state index is 11.2. The summed E-state index contributed by atoms with van der Waals surface area (Å²) in [6, 6.07) is 0.276. The average Bonchev–Trinajstić information content (AvgIpc) is 2.30. The summed E-state index contributed by atoms with van der Waals surface area (Å²) in [6.45, 7) is 10.8. The quantitative estimate of drug-likeness (QED) is 0.599. The first-order valence-electron chi connectivity index (χ1n) is 6.39. The van der Waals surface area contributed by atoms with Crippen molar-refractivity contribution < 1.29 is 9.53 Å². The normalized spacial score (nSPS) is 13.2. The minimum absolute atomic E-state index is 0.115. The molecule has 0 amide bonds. The molecule has 0 aromatic rings. The molecule has 0 aliphatic heterocycles. The standard InChI is InChI=1S/C13H27NO2/c1-6-12(7-2)10-14(8-3)11(4)9-13(15)16-5/h11-12H,6-10H2,1-5H3. The number of hydrogen-bond acceptors (Lipinski definition) is 3. The molecule has 0 aromatic carbocycles. The lowest BCUT2D eigenvalue weighted by Crippen LogP contribution is -2.38. The van der Waals surface area contributed by atoms with Crippen LogP contribution in [0.4, 0.5) is 0 Å². The second-order valence-corrected chi connectivity index (χ2v) is 4.40. The zero-order valence-corrected chi connectivity index (χ0v) is 11.5. The third kappa shape index (κ3) is 5.50. The van der Waals surface area contributed by atoms with Gasteiger partial charge in [-0.25, -0.2) is 0 Å². The minimum atomic E-state index is -0.115. The molecule has 0 saturated carbocycles. The highest BCUT2D eigenvalue weighted by Gasteiger charge is 2.18. The van der Waals surface area contributed by atoms with Crippen LogP contribution in [0.5, 0.6) is 0 Å². The van der Waals surface area contributed by atoms with Gasteiger partial charge in [0.15, 0.2) is 0 Å². The van der Waals surface area contributed by atoms with Crippen molar-refractivity contribution in [2.45, 2.75) is 53.0 Å². The summed E-state index contributed by atoms with van der Waals surface area (Å²) in [5.74, 6) is 0.621. The Morgan fingerprint density at radius 1 is 1.25 bits per heavy atom. The molecule has 16 heavy (non-hydrogen) atoms. The van der Waals surface area contributed by atoms with Gasteiger partial charge in [0.1, 0.15) is 0 Å². The van der Waals surface area contributed by atoms with Gasteiger partial charge in [-0.05, 0) is 19.4 Å². The van der Waals surface area contributed by atoms with Gasteiger partial charge >= 0.3 is 5.97 Å². The minimum Gasteiger partial charge on any atom is -0.469 e. The number of nitrogens with zero attached hydrogens (tertiary/aromatic N) is 1. The summed E-state index contributed by atoms with van der Waals surface area (Å²) in [5.41, 5.74) is 0. The highest BCUT2D eigenvalue weighted by Crippen LogP contribution is 2.13. The zero-order chi connectivity index (χ0) is 12.6. The zero-order valence-electron chi connectivity index (χ0n) is 11.5. The fourth-order valence-corrected chi connectivity index (χ4v) is 1.95. The summed E-state index contributed by atoms with van der Waals surface area (Å²) in [4.78, 5) is 13.6. The molecule has 1 unspecified atom stereocenters. The topological polar surface area (TPSA) is 29.5 Å². The van der Waals surface area contributed by atoms with Crippen molar-refractivity contribution in [2.24, 2.45) is 5.92 Å². The molecule has 0 spiro atoms. The third-order valence-corrected chi connectivity index (χ3v) is 3.37. The van der Waals surface area contributed by atoms with E-state index in [-0.39, 0.29) is 12.0 Å². The van der Waals surface area contributed by atoms with Gasteiger partial charge < -0.3 is 9.64 Å². The van der Waals surface area contributed by atoms with Gasteiger partial charge in [0, 0.05) is 12.6 Å². The number of carbonyl (C=O) groups excluding carboxylic acids is 1. The van der Waals surface area contributed by atoms with E-state index in [2.05, 4.69) is 32.6 Å².